The molecule has 0 aromatic heterocycles. The molecule has 1 unspecified atom stereocenters. The molecule has 0 bridgehead atoms. The molecule has 29 heavy (non-hydrogen) atoms. The van der Waals surface area contributed by atoms with Gasteiger partial charge in [0.1, 0.15) is 5.75 Å². The van der Waals surface area contributed by atoms with Crippen LogP contribution in [0.5, 0.6) is 5.75 Å². The van der Waals surface area contributed by atoms with Crippen molar-refractivity contribution >= 4 is 33.6 Å². The monoisotopic (exact) mass is 434 g/mol. The van der Waals surface area contributed by atoms with E-state index in [0.29, 0.717) is 23.9 Å². The second-order valence-corrected chi connectivity index (χ2v) is 8.96. The highest BCUT2D eigenvalue weighted by Crippen LogP contribution is 2.19. The number of nitrogens with zero attached hydrogens (tertiary/aromatic N) is 2. The first kappa shape index (κ1) is 21.4. The Morgan fingerprint density at radius 3 is 2.41 bits per heavy atom. The highest BCUT2D eigenvalue weighted by atomic mass is 35.5. The van der Waals surface area contributed by atoms with Gasteiger partial charge >= 0.3 is 0 Å². The lowest BCUT2D eigenvalue weighted by molar-refractivity contribution is -0.139. The quantitative estimate of drug-likeness (QED) is 0.700. The van der Waals surface area contributed by atoms with Crippen molar-refractivity contribution in [3.63, 3.8) is 0 Å². The van der Waals surface area contributed by atoms with Gasteiger partial charge in [-0.15, -0.1) is 0 Å². The van der Waals surface area contributed by atoms with Gasteiger partial charge in [0.25, 0.3) is 5.91 Å². The molecule has 0 saturated carbocycles. The maximum absolute atomic E-state index is 12.6. The summed E-state index contributed by atoms with van der Waals surface area (Å²) < 4.78 is 32.1. The van der Waals surface area contributed by atoms with Gasteiger partial charge in [0.2, 0.25) is 10.0 Å². The standard InChI is InChI=1S/C21H23ClN2O4S/c1-17(28-20-9-5-8-19(22)16-20)21(25)23-11-13-24(14-12-23)29(26,27)15-10-18-6-3-2-4-7-18/h2-10,15-17H,11-14H2,1H3/b15-10+. The van der Waals surface area contributed by atoms with Gasteiger partial charge in [0.15, 0.2) is 6.10 Å². The van der Waals surface area contributed by atoms with Crippen LogP contribution in [-0.2, 0) is 14.8 Å². The maximum atomic E-state index is 12.6. The summed E-state index contributed by atoms with van der Waals surface area (Å²) in [5.74, 6) is 0.340. The molecule has 1 fully saturated rings. The van der Waals surface area contributed by atoms with E-state index in [2.05, 4.69) is 0 Å². The normalized spacial score (nSPS) is 16.7. The lowest BCUT2D eigenvalue weighted by Gasteiger charge is -2.34. The fourth-order valence-corrected chi connectivity index (χ4v) is 4.38. The van der Waals surface area contributed by atoms with Gasteiger partial charge in [-0.3, -0.25) is 4.79 Å². The molecule has 6 nitrogen and oxygen atoms in total. The number of hydrogen-bond donors (Lipinski definition) is 0. The number of benzene rings is 2. The Labute approximate surface area is 176 Å². The predicted molar refractivity (Wildman–Crippen MR) is 114 cm³/mol. The van der Waals surface area contributed by atoms with E-state index in [1.165, 1.54) is 9.71 Å². The number of sulfonamides is 1. The van der Waals surface area contributed by atoms with Crippen molar-refractivity contribution < 1.29 is 17.9 Å². The van der Waals surface area contributed by atoms with Crippen LogP contribution in [0.25, 0.3) is 6.08 Å². The van der Waals surface area contributed by atoms with Crippen molar-refractivity contribution in [3.8, 4) is 5.75 Å². The van der Waals surface area contributed by atoms with Gasteiger partial charge in [0, 0.05) is 36.6 Å². The summed E-state index contributed by atoms with van der Waals surface area (Å²) in [4.78, 5) is 14.3. The third-order valence-electron chi connectivity index (χ3n) is 4.60. The van der Waals surface area contributed by atoms with Gasteiger partial charge in [-0.25, -0.2) is 8.42 Å². The second kappa shape index (κ2) is 9.43. The van der Waals surface area contributed by atoms with Crippen molar-refractivity contribution in [1.82, 2.24) is 9.21 Å². The predicted octanol–water partition coefficient (Wildman–Crippen LogP) is 3.25. The fourth-order valence-electron chi connectivity index (χ4n) is 3.03. The number of ether oxygens (including phenoxy) is 1. The maximum Gasteiger partial charge on any atom is 0.263 e. The number of carbonyl (C=O) groups excluding carboxylic acids is 1. The van der Waals surface area contributed by atoms with Crippen molar-refractivity contribution in [3.05, 3.63) is 70.6 Å². The number of hydrogen-bond acceptors (Lipinski definition) is 4. The summed E-state index contributed by atoms with van der Waals surface area (Å²) in [6.45, 7) is 2.81. The van der Waals surface area contributed by atoms with Gasteiger partial charge in [-0.1, -0.05) is 48.0 Å². The number of halogens is 1. The highest BCUT2D eigenvalue weighted by molar-refractivity contribution is 7.92. The zero-order valence-electron chi connectivity index (χ0n) is 16.1. The molecule has 0 N–H and O–H groups in total. The first-order valence-corrected chi connectivity index (χ1v) is 11.2. The van der Waals surface area contributed by atoms with Crippen LogP contribution >= 0.6 is 11.6 Å². The molecular weight excluding hydrogens is 412 g/mol. The topological polar surface area (TPSA) is 66.9 Å². The van der Waals surface area contributed by atoms with Gasteiger partial charge in [-0.05, 0) is 36.8 Å². The Morgan fingerprint density at radius 2 is 1.76 bits per heavy atom. The molecule has 8 heteroatoms. The molecule has 1 atom stereocenters. The molecule has 1 amide bonds. The average Bonchev–Trinajstić information content (AvgIpc) is 2.72. The summed E-state index contributed by atoms with van der Waals surface area (Å²) in [6, 6.07) is 16.1. The first-order chi connectivity index (χ1) is 13.8. The number of carbonyl (C=O) groups is 1. The van der Waals surface area contributed by atoms with Crippen molar-refractivity contribution in [2.75, 3.05) is 26.2 Å². The molecule has 1 heterocycles. The molecule has 2 aromatic rings. The highest BCUT2D eigenvalue weighted by Gasteiger charge is 2.30. The lowest BCUT2D eigenvalue weighted by Crippen LogP contribution is -2.52. The molecule has 0 radical (unpaired) electrons. The molecule has 1 saturated heterocycles. The first-order valence-electron chi connectivity index (χ1n) is 9.29. The molecule has 154 valence electrons. The molecule has 1 aliphatic heterocycles. The lowest BCUT2D eigenvalue weighted by atomic mass is 10.2. The van der Waals surface area contributed by atoms with E-state index in [-0.39, 0.29) is 19.0 Å². The third-order valence-corrected chi connectivity index (χ3v) is 6.40. The van der Waals surface area contributed by atoms with Crippen LogP contribution in [0.2, 0.25) is 5.02 Å². The summed E-state index contributed by atoms with van der Waals surface area (Å²) in [6.07, 6.45) is 0.892. The van der Waals surface area contributed by atoms with Gasteiger partial charge in [0.05, 0.1) is 0 Å². The Kier molecular flexibility index (Phi) is 6.95. The average molecular weight is 435 g/mol. The van der Waals surface area contributed by atoms with E-state index in [4.69, 9.17) is 16.3 Å². The minimum Gasteiger partial charge on any atom is -0.481 e. The van der Waals surface area contributed by atoms with Crippen molar-refractivity contribution in [1.29, 1.82) is 0 Å². The summed E-state index contributed by atoms with van der Waals surface area (Å²) in [5.41, 5.74) is 0.817. The van der Waals surface area contributed by atoms with Crippen LogP contribution < -0.4 is 4.74 Å². The van der Waals surface area contributed by atoms with E-state index in [0.717, 1.165) is 5.56 Å². The Morgan fingerprint density at radius 1 is 1.07 bits per heavy atom. The van der Waals surface area contributed by atoms with E-state index >= 15 is 0 Å². The summed E-state index contributed by atoms with van der Waals surface area (Å²) in [5, 5.41) is 1.74. The van der Waals surface area contributed by atoms with Crippen LogP contribution in [0.15, 0.2) is 60.0 Å². The van der Waals surface area contributed by atoms with Crippen LogP contribution in [-0.4, -0.2) is 55.8 Å². The molecule has 0 aliphatic carbocycles. The number of rotatable bonds is 6. The molecular formula is C21H23ClN2O4S. The van der Waals surface area contributed by atoms with Crippen LogP contribution in [0, 0.1) is 0 Å². The smallest absolute Gasteiger partial charge is 0.263 e. The van der Waals surface area contributed by atoms with Gasteiger partial charge in [-0.2, -0.15) is 4.31 Å². The van der Waals surface area contributed by atoms with Crippen molar-refractivity contribution in [2.45, 2.75) is 13.0 Å². The van der Waals surface area contributed by atoms with Crippen LogP contribution in [0.3, 0.4) is 0 Å². The van der Waals surface area contributed by atoms with E-state index in [9.17, 15) is 13.2 Å². The van der Waals surface area contributed by atoms with Gasteiger partial charge < -0.3 is 9.64 Å². The Balaban J connectivity index is 1.55. The van der Waals surface area contributed by atoms with E-state index < -0.39 is 16.1 Å². The SMILES string of the molecule is CC(Oc1cccc(Cl)c1)C(=O)N1CCN(S(=O)(=O)/C=C/c2ccccc2)CC1. The van der Waals surface area contributed by atoms with Crippen molar-refractivity contribution in [2.24, 2.45) is 0 Å². The zero-order valence-corrected chi connectivity index (χ0v) is 17.6. The minimum absolute atomic E-state index is 0.179. The molecule has 2 aromatic carbocycles. The zero-order chi connectivity index (χ0) is 20.9. The Bertz CT molecular complexity index is 971. The van der Waals surface area contributed by atoms with E-state index in [1.807, 2.05) is 30.3 Å². The number of amides is 1. The summed E-state index contributed by atoms with van der Waals surface area (Å²) in [7, 11) is -3.54. The molecule has 3 rings (SSSR count). The summed E-state index contributed by atoms with van der Waals surface area (Å²) >= 11 is 5.94. The third kappa shape index (κ3) is 5.82. The Hall–Kier alpha value is -2.35. The van der Waals surface area contributed by atoms with E-state index in [1.54, 1.807) is 42.2 Å². The second-order valence-electron chi connectivity index (χ2n) is 6.70. The van der Waals surface area contributed by atoms with Crippen LogP contribution in [0.4, 0.5) is 0 Å². The van der Waals surface area contributed by atoms with Crippen LogP contribution in [0.1, 0.15) is 12.5 Å². The minimum atomic E-state index is -3.54. The largest absolute Gasteiger partial charge is 0.481 e. The molecule has 0 spiro atoms. The fraction of sp³-hybridized carbons (Fsp3) is 0.286. The number of piperazine rings is 1. The molecule has 1 aliphatic rings.